The zero-order chi connectivity index (χ0) is 29.6. The molecule has 0 bridgehead atoms. The van der Waals surface area contributed by atoms with Gasteiger partial charge in [0.05, 0.1) is 38.1 Å². The van der Waals surface area contributed by atoms with Crippen LogP contribution in [0.1, 0.15) is 49.4 Å². The third kappa shape index (κ3) is 7.10. The summed E-state index contributed by atoms with van der Waals surface area (Å²) in [4.78, 5) is 31.7. The van der Waals surface area contributed by atoms with Gasteiger partial charge in [0.2, 0.25) is 0 Å². The Bertz CT molecular complexity index is 1410. The van der Waals surface area contributed by atoms with Crippen molar-refractivity contribution in [3.05, 3.63) is 42.2 Å². The molecule has 0 radical (unpaired) electrons. The van der Waals surface area contributed by atoms with Crippen molar-refractivity contribution in [2.24, 2.45) is 5.92 Å². The van der Waals surface area contributed by atoms with E-state index in [-0.39, 0.29) is 35.0 Å². The van der Waals surface area contributed by atoms with Gasteiger partial charge in [-0.3, -0.25) is 14.0 Å². The third-order valence-electron chi connectivity index (χ3n) is 7.43. The van der Waals surface area contributed by atoms with E-state index in [1.807, 2.05) is 6.92 Å². The number of hydrogen-bond acceptors (Lipinski definition) is 8. The Balaban J connectivity index is 1.25. The smallest absolute Gasteiger partial charge is 0.387 e. The molecule has 2 aliphatic rings. The minimum Gasteiger partial charge on any atom is -0.496 e. The predicted molar refractivity (Wildman–Crippen MR) is 150 cm³/mol. The normalized spacial score (nSPS) is 17.3. The van der Waals surface area contributed by atoms with Crippen molar-refractivity contribution < 1.29 is 37.3 Å². The largest absolute Gasteiger partial charge is 0.496 e. The van der Waals surface area contributed by atoms with Gasteiger partial charge in [0.1, 0.15) is 28.5 Å². The van der Waals surface area contributed by atoms with E-state index in [9.17, 15) is 18.4 Å². The molecule has 226 valence electrons. The van der Waals surface area contributed by atoms with E-state index in [0.717, 1.165) is 45.2 Å². The molecule has 12 heteroatoms. The topological polar surface area (TPSA) is 104 Å². The molecule has 2 aromatic heterocycles. The zero-order valence-electron chi connectivity index (χ0n) is 23.8. The molecule has 0 spiro atoms. The first-order valence-electron chi connectivity index (χ1n) is 14.3. The van der Waals surface area contributed by atoms with Crippen LogP contribution in [-0.4, -0.2) is 78.8 Å². The fourth-order valence-electron chi connectivity index (χ4n) is 5.25. The summed E-state index contributed by atoms with van der Waals surface area (Å²) in [6.45, 7) is 2.10. The molecule has 1 saturated carbocycles. The fraction of sp³-hybridized carbons (Fsp3) is 0.500. The lowest BCUT2D eigenvalue weighted by molar-refractivity contribution is -0.149. The summed E-state index contributed by atoms with van der Waals surface area (Å²) in [6.07, 6.45) is 7.73. The number of esters is 1. The van der Waals surface area contributed by atoms with Crippen molar-refractivity contribution in [1.29, 1.82) is 0 Å². The summed E-state index contributed by atoms with van der Waals surface area (Å²) < 4.78 is 49.7. The van der Waals surface area contributed by atoms with Gasteiger partial charge in [-0.2, -0.15) is 8.78 Å². The summed E-state index contributed by atoms with van der Waals surface area (Å²) in [6, 6.07) is 6.65. The van der Waals surface area contributed by atoms with Gasteiger partial charge in [0.25, 0.3) is 5.91 Å². The molecule has 1 atom stereocenters. The number of nitrogens with one attached hydrogen (secondary N) is 1. The predicted octanol–water partition coefficient (Wildman–Crippen LogP) is 4.55. The monoisotopic (exact) mass is 586 g/mol. The van der Waals surface area contributed by atoms with Gasteiger partial charge in [-0.05, 0) is 63.8 Å². The Hall–Kier alpha value is -3.93. The molecule has 1 aromatic carbocycles. The Morgan fingerprint density at radius 3 is 2.71 bits per heavy atom. The van der Waals surface area contributed by atoms with Crippen LogP contribution in [0, 0.1) is 5.92 Å². The second-order valence-electron chi connectivity index (χ2n) is 10.5. The van der Waals surface area contributed by atoms with Gasteiger partial charge in [-0.15, -0.1) is 0 Å². The number of imidazole rings is 1. The van der Waals surface area contributed by atoms with Crippen molar-refractivity contribution in [3.8, 4) is 28.5 Å². The summed E-state index contributed by atoms with van der Waals surface area (Å²) in [7, 11) is 1.38. The third-order valence-corrected chi connectivity index (χ3v) is 7.43. The molecule has 10 nitrogen and oxygen atoms in total. The quantitative estimate of drug-likeness (QED) is 0.230. The van der Waals surface area contributed by atoms with Crippen molar-refractivity contribution in [2.45, 2.75) is 51.7 Å². The maximum Gasteiger partial charge on any atom is 0.387 e. The summed E-state index contributed by atoms with van der Waals surface area (Å²) in [5, 5.41) is 2.80. The number of carbonyl (C=O) groups excluding carboxylic acids is 2. The number of nitrogens with zero attached hydrogens (tertiary/aromatic N) is 3. The lowest BCUT2D eigenvalue weighted by atomic mass is 9.98. The Kier molecular flexibility index (Phi) is 9.41. The van der Waals surface area contributed by atoms with Gasteiger partial charge in [-0.1, -0.05) is 0 Å². The molecule has 3 aromatic rings. The molecule has 2 fully saturated rings. The van der Waals surface area contributed by atoms with Crippen molar-refractivity contribution in [2.75, 3.05) is 40.0 Å². The van der Waals surface area contributed by atoms with Crippen molar-refractivity contribution >= 4 is 17.5 Å². The maximum atomic E-state index is 13.3. The molecule has 1 aliphatic heterocycles. The zero-order valence-corrected chi connectivity index (χ0v) is 23.8. The number of rotatable bonds is 13. The van der Waals surface area contributed by atoms with Crippen LogP contribution in [0.15, 0.2) is 36.7 Å². The number of likely N-dealkylation sites (tertiary alicyclic amines) is 1. The fourth-order valence-corrected chi connectivity index (χ4v) is 5.25. The van der Waals surface area contributed by atoms with Crippen LogP contribution in [0.3, 0.4) is 0 Å². The van der Waals surface area contributed by atoms with Crippen molar-refractivity contribution in [1.82, 2.24) is 19.6 Å². The Morgan fingerprint density at radius 1 is 1.17 bits per heavy atom. The summed E-state index contributed by atoms with van der Waals surface area (Å²) in [5.41, 5.74) is 1.62. The van der Waals surface area contributed by atoms with E-state index in [2.05, 4.69) is 15.2 Å². The molecular weight excluding hydrogens is 550 g/mol. The molecule has 1 aliphatic carbocycles. The first kappa shape index (κ1) is 29.6. The SMILES string of the molecule is CCOC(=O)C1CCCN(CCCOc2ccn3c(-c4cc(OC)c(C(=O)NC5CC5)c(OC(F)F)c4)cnc3c2)C1. The van der Waals surface area contributed by atoms with E-state index < -0.39 is 12.5 Å². The first-order chi connectivity index (χ1) is 20.4. The first-order valence-corrected chi connectivity index (χ1v) is 14.3. The Morgan fingerprint density at radius 2 is 1.98 bits per heavy atom. The van der Waals surface area contributed by atoms with Crippen LogP contribution in [0.4, 0.5) is 8.78 Å². The van der Waals surface area contributed by atoms with Gasteiger partial charge in [-0.25, -0.2) is 4.98 Å². The molecule has 42 heavy (non-hydrogen) atoms. The van der Waals surface area contributed by atoms with E-state index in [1.165, 1.54) is 13.2 Å². The molecular formula is C30H36F2N4O6. The molecule has 1 N–H and O–H groups in total. The number of methoxy groups -OCH3 is 1. The molecule has 1 saturated heterocycles. The minimum absolute atomic E-state index is 0.0323. The van der Waals surface area contributed by atoms with Crippen LogP contribution in [0.2, 0.25) is 0 Å². The second kappa shape index (κ2) is 13.4. The van der Waals surface area contributed by atoms with Crippen LogP contribution < -0.4 is 19.5 Å². The number of alkyl halides is 2. The molecule has 1 amide bonds. The number of benzene rings is 1. The molecule has 1 unspecified atom stereocenters. The van der Waals surface area contributed by atoms with Gasteiger partial charge in [0, 0.05) is 37.0 Å². The average Bonchev–Trinajstić information content (AvgIpc) is 3.69. The number of hydrogen-bond donors (Lipinski definition) is 1. The molecule has 3 heterocycles. The van der Waals surface area contributed by atoms with Gasteiger partial charge >= 0.3 is 12.6 Å². The number of halogens is 2. The van der Waals surface area contributed by atoms with E-state index in [1.54, 1.807) is 35.0 Å². The van der Waals surface area contributed by atoms with E-state index >= 15 is 0 Å². The van der Waals surface area contributed by atoms with E-state index in [0.29, 0.717) is 42.4 Å². The minimum atomic E-state index is -3.12. The number of fused-ring (bicyclic) bond motifs is 1. The number of carbonyl (C=O) groups is 2. The molecule has 5 rings (SSSR count). The highest BCUT2D eigenvalue weighted by Crippen LogP contribution is 2.37. The van der Waals surface area contributed by atoms with Crippen LogP contribution in [0.5, 0.6) is 17.2 Å². The van der Waals surface area contributed by atoms with Crippen LogP contribution in [-0.2, 0) is 9.53 Å². The van der Waals surface area contributed by atoms with Crippen LogP contribution in [0.25, 0.3) is 16.9 Å². The number of aromatic nitrogens is 2. The maximum absolute atomic E-state index is 13.3. The average molecular weight is 587 g/mol. The lowest BCUT2D eigenvalue weighted by Gasteiger charge is -2.31. The highest BCUT2D eigenvalue weighted by Gasteiger charge is 2.29. The number of pyridine rings is 1. The number of amides is 1. The lowest BCUT2D eigenvalue weighted by Crippen LogP contribution is -2.40. The summed E-state index contributed by atoms with van der Waals surface area (Å²) in [5.74, 6) is -0.194. The summed E-state index contributed by atoms with van der Waals surface area (Å²) >= 11 is 0. The highest BCUT2D eigenvalue weighted by atomic mass is 19.3. The number of ether oxygens (including phenoxy) is 4. The van der Waals surface area contributed by atoms with Crippen molar-refractivity contribution in [3.63, 3.8) is 0 Å². The van der Waals surface area contributed by atoms with Crippen LogP contribution >= 0.6 is 0 Å². The number of piperidine rings is 1. The van der Waals surface area contributed by atoms with E-state index in [4.69, 9.17) is 18.9 Å². The van der Waals surface area contributed by atoms with Gasteiger partial charge in [0.15, 0.2) is 0 Å². The standard InChI is InChI=1S/C30H36F2N4O6/c1-3-40-29(38)19-6-4-10-35(18-19)11-5-13-41-22-9-12-36-23(17-33-26(36)16-22)20-14-24(39-2)27(25(15-20)42-30(31)32)28(37)34-21-7-8-21/h9,12,14-17,19,21,30H,3-8,10-11,13,18H2,1-2H3,(H,34,37). The second-order valence-corrected chi connectivity index (χ2v) is 10.5. The highest BCUT2D eigenvalue weighted by molar-refractivity contribution is 6.01. The van der Waals surface area contributed by atoms with Gasteiger partial charge < -0.3 is 29.2 Å². The Labute approximate surface area is 242 Å².